The average Bonchev–Trinajstić information content (AvgIpc) is 2.46. The van der Waals surface area contributed by atoms with E-state index in [2.05, 4.69) is 38.3 Å². The molecule has 3 rings (SSSR count). The highest BCUT2D eigenvalue weighted by atomic mass is 32.2. The Balaban J connectivity index is 2.12. The van der Waals surface area contributed by atoms with E-state index in [0.717, 1.165) is 25.7 Å². The standard InChI is InChI=1S/C18H25NOS/c1-17-9-4-10-18(2,16(19)20)15(17)8-6-12-5-7-13(21-3)11-14(12)17/h5,7,11,15H,4,6,8-10H2,1-3H3,(H2,19,20). The second kappa shape index (κ2) is 5.05. The van der Waals surface area contributed by atoms with Gasteiger partial charge in [-0.3, -0.25) is 4.79 Å². The Morgan fingerprint density at radius 2 is 2.10 bits per heavy atom. The zero-order valence-corrected chi connectivity index (χ0v) is 14.1. The smallest absolute Gasteiger partial charge is 0.223 e. The van der Waals surface area contributed by atoms with E-state index in [-0.39, 0.29) is 16.7 Å². The molecule has 0 aromatic heterocycles. The molecule has 1 saturated carbocycles. The summed E-state index contributed by atoms with van der Waals surface area (Å²) in [5.74, 6) is 0.267. The van der Waals surface area contributed by atoms with Crippen molar-refractivity contribution in [1.82, 2.24) is 0 Å². The quantitative estimate of drug-likeness (QED) is 0.842. The van der Waals surface area contributed by atoms with Gasteiger partial charge in [0.25, 0.3) is 0 Å². The lowest BCUT2D eigenvalue weighted by Gasteiger charge is -2.54. The van der Waals surface area contributed by atoms with Gasteiger partial charge in [0.1, 0.15) is 0 Å². The summed E-state index contributed by atoms with van der Waals surface area (Å²) in [4.78, 5) is 13.4. The van der Waals surface area contributed by atoms with Crippen LogP contribution in [-0.4, -0.2) is 12.2 Å². The first-order valence-electron chi connectivity index (χ1n) is 7.89. The van der Waals surface area contributed by atoms with Gasteiger partial charge >= 0.3 is 0 Å². The lowest BCUT2D eigenvalue weighted by Crippen LogP contribution is -2.54. The van der Waals surface area contributed by atoms with Gasteiger partial charge in [0.15, 0.2) is 0 Å². The topological polar surface area (TPSA) is 43.1 Å². The highest BCUT2D eigenvalue weighted by Crippen LogP contribution is 2.57. The Labute approximate surface area is 131 Å². The summed E-state index contributed by atoms with van der Waals surface area (Å²) in [5, 5.41) is 0. The van der Waals surface area contributed by atoms with Gasteiger partial charge in [-0.1, -0.05) is 26.3 Å². The van der Waals surface area contributed by atoms with Crippen molar-refractivity contribution in [3.8, 4) is 0 Å². The molecule has 1 fully saturated rings. The number of nitrogens with two attached hydrogens (primary N) is 1. The maximum absolute atomic E-state index is 12.1. The van der Waals surface area contributed by atoms with Crippen molar-refractivity contribution in [3.05, 3.63) is 29.3 Å². The van der Waals surface area contributed by atoms with E-state index >= 15 is 0 Å². The van der Waals surface area contributed by atoms with E-state index in [4.69, 9.17) is 5.73 Å². The second-order valence-corrected chi connectivity index (χ2v) is 8.05. The zero-order chi connectivity index (χ0) is 15.3. The van der Waals surface area contributed by atoms with Gasteiger partial charge in [0, 0.05) is 10.3 Å². The Kier molecular flexibility index (Phi) is 3.59. The third-order valence-corrected chi connectivity index (χ3v) is 6.85. The van der Waals surface area contributed by atoms with Crippen LogP contribution < -0.4 is 5.73 Å². The Bertz CT molecular complexity index is 585. The van der Waals surface area contributed by atoms with Gasteiger partial charge in [-0.2, -0.15) is 0 Å². The molecule has 0 radical (unpaired) electrons. The molecular weight excluding hydrogens is 278 g/mol. The number of benzene rings is 1. The number of thioether (sulfide) groups is 1. The monoisotopic (exact) mass is 303 g/mol. The van der Waals surface area contributed by atoms with Crippen LogP contribution in [0.4, 0.5) is 0 Å². The first-order valence-corrected chi connectivity index (χ1v) is 9.11. The first kappa shape index (κ1) is 15.0. The molecule has 2 N–H and O–H groups in total. The molecule has 3 unspecified atom stereocenters. The highest BCUT2D eigenvalue weighted by molar-refractivity contribution is 7.98. The van der Waals surface area contributed by atoms with E-state index in [1.165, 1.54) is 22.4 Å². The van der Waals surface area contributed by atoms with Gasteiger partial charge < -0.3 is 5.73 Å². The first-order chi connectivity index (χ1) is 9.91. The van der Waals surface area contributed by atoms with Crippen LogP contribution in [0, 0.1) is 11.3 Å². The van der Waals surface area contributed by atoms with Gasteiger partial charge in [0.05, 0.1) is 0 Å². The van der Waals surface area contributed by atoms with Crippen LogP contribution in [0.15, 0.2) is 23.1 Å². The minimum Gasteiger partial charge on any atom is -0.369 e. The molecule has 2 nitrogen and oxygen atoms in total. The minimum atomic E-state index is -0.347. The normalized spacial score (nSPS) is 34.9. The van der Waals surface area contributed by atoms with E-state index < -0.39 is 0 Å². The minimum absolute atomic E-state index is 0.0986. The molecule has 0 bridgehead atoms. The molecule has 1 amide bonds. The second-order valence-electron chi connectivity index (χ2n) is 7.17. The van der Waals surface area contributed by atoms with Crippen molar-refractivity contribution in [2.24, 2.45) is 17.1 Å². The van der Waals surface area contributed by atoms with Gasteiger partial charge in [-0.25, -0.2) is 0 Å². The van der Waals surface area contributed by atoms with Crippen molar-refractivity contribution < 1.29 is 4.79 Å². The zero-order valence-electron chi connectivity index (χ0n) is 13.2. The summed E-state index contributed by atoms with van der Waals surface area (Å²) in [6.07, 6.45) is 7.49. The van der Waals surface area contributed by atoms with Gasteiger partial charge in [-0.05, 0) is 66.5 Å². The molecular formula is C18H25NOS. The fourth-order valence-corrected chi connectivity index (χ4v) is 5.30. The fourth-order valence-electron chi connectivity index (χ4n) is 4.86. The Morgan fingerprint density at radius 1 is 1.33 bits per heavy atom. The van der Waals surface area contributed by atoms with Gasteiger partial charge in [0.2, 0.25) is 5.91 Å². The molecule has 3 atom stereocenters. The van der Waals surface area contributed by atoms with E-state index in [9.17, 15) is 4.79 Å². The summed E-state index contributed by atoms with van der Waals surface area (Å²) in [7, 11) is 0. The number of aryl methyl sites for hydroxylation is 1. The summed E-state index contributed by atoms with van der Waals surface area (Å²) >= 11 is 1.79. The molecule has 0 aliphatic heterocycles. The van der Waals surface area contributed by atoms with Crippen molar-refractivity contribution in [2.45, 2.75) is 56.3 Å². The van der Waals surface area contributed by atoms with E-state index in [0.29, 0.717) is 5.92 Å². The molecule has 21 heavy (non-hydrogen) atoms. The number of carbonyl (C=O) groups excluding carboxylic acids is 1. The molecule has 1 aromatic carbocycles. The molecule has 2 aliphatic carbocycles. The van der Waals surface area contributed by atoms with Crippen molar-refractivity contribution >= 4 is 17.7 Å². The summed E-state index contributed by atoms with van der Waals surface area (Å²) in [6, 6.07) is 6.88. The third kappa shape index (κ3) is 2.12. The summed E-state index contributed by atoms with van der Waals surface area (Å²) in [6.45, 7) is 4.46. The van der Waals surface area contributed by atoms with Crippen LogP contribution in [0.2, 0.25) is 0 Å². The fraction of sp³-hybridized carbons (Fsp3) is 0.611. The number of primary amides is 1. The largest absolute Gasteiger partial charge is 0.369 e. The molecule has 3 heteroatoms. The van der Waals surface area contributed by atoms with Crippen molar-refractivity contribution in [2.75, 3.05) is 6.26 Å². The number of fused-ring (bicyclic) bond motifs is 3. The molecule has 0 heterocycles. The van der Waals surface area contributed by atoms with Crippen LogP contribution in [0.5, 0.6) is 0 Å². The van der Waals surface area contributed by atoms with E-state index in [1.54, 1.807) is 11.8 Å². The van der Waals surface area contributed by atoms with Crippen LogP contribution >= 0.6 is 11.8 Å². The lowest BCUT2D eigenvalue weighted by molar-refractivity contribution is -0.135. The number of rotatable bonds is 2. The average molecular weight is 303 g/mol. The molecule has 0 saturated heterocycles. The Hall–Kier alpha value is -0.960. The predicted octanol–water partition coefficient (Wildman–Crippen LogP) is 3.90. The highest BCUT2D eigenvalue weighted by Gasteiger charge is 2.54. The predicted molar refractivity (Wildman–Crippen MR) is 88.5 cm³/mol. The molecule has 2 aliphatic rings. The Morgan fingerprint density at radius 3 is 2.76 bits per heavy atom. The lowest BCUT2D eigenvalue weighted by atomic mass is 9.49. The number of amides is 1. The molecule has 0 spiro atoms. The van der Waals surface area contributed by atoms with Crippen molar-refractivity contribution in [3.63, 3.8) is 0 Å². The summed E-state index contributed by atoms with van der Waals surface area (Å²) < 4.78 is 0. The van der Waals surface area contributed by atoms with Crippen LogP contribution in [0.25, 0.3) is 0 Å². The van der Waals surface area contributed by atoms with E-state index in [1.807, 2.05) is 0 Å². The van der Waals surface area contributed by atoms with Crippen LogP contribution in [-0.2, 0) is 16.6 Å². The maximum Gasteiger partial charge on any atom is 0.223 e. The number of carbonyl (C=O) groups is 1. The SMILES string of the molecule is CSc1ccc2c(c1)C1(C)CCCC(C)(C(N)=O)C1CC2. The maximum atomic E-state index is 12.1. The van der Waals surface area contributed by atoms with Crippen LogP contribution in [0.1, 0.15) is 50.7 Å². The third-order valence-electron chi connectivity index (χ3n) is 6.13. The van der Waals surface area contributed by atoms with Gasteiger partial charge in [-0.15, -0.1) is 11.8 Å². The molecule has 114 valence electrons. The number of hydrogen-bond acceptors (Lipinski definition) is 2. The van der Waals surface area contributed by atoms with Crippen LogP contribution in [0.3, 0.4) is 0 Å². The van der Waals surface area contributed by atoms with Crippen molar-refractivity contribution in [1.29, 1.82) is 0 Å². The number of hydrogen-bond donors (Lipinski definition) is 1. The summed E-state index contributed by atoms with van der Waals surface area (Å²) in [5.41, 5.74) is 8.49. The molecule has 1 aromatic rings.